The Morgan fingerprint density at radius 2 is 1.95 bits per heavy atom. The summed E-state index contributed by atoms with van der Waals surface area (Å²) in [5.41, 5.74) is 0. The average molecular weight is 402 g/mol. The highest BCUT2D eigenvalue weighted by Crippen LogP contribution is 2.25. The van der Waals surface area contributed by atoms with Gasteiger partial charge in [0.2, 0.25) is 0 Å². The number of halogens is 2. The third-order valence-electron chi connectivity index (χ3n) is 2.02. The first-order valence-electron chi connectivity index (χ1n) is 5.61. The van der Waals surface area contributed by atoms with Gasteiger partial charge in [-0.1, -0.05) is 50.1 Å². The van der Waals surface area contributed by atoms with E-state index < -0.39 is 4.32 Å². The van der Waals surface area contributed by atoms with Crippen LogP contribution in [-0.4, -0.2) is 14.8 Å². The highest BCUT2D eigenvalue weighted by atomic mass is 79.9. The van der Waals surface area contributed by atoms with Crippen molar-refractivity contribution in [2.24, 2.45) is 0 Å². The van der Waals surface area contributed by atoms with Crippen LogP contribution >= 0.6 is 31.9 Å². The molecule has 0 spiro atoms. The van der Waals surface area contributed by atoms with Crippen molar-refractivity contribution in [3.05, 3.63) is 42.9 Å². The Balaban J connectivity index is 0.000000361. The lowest BCUT2D eigenvalue weighted by molar-refractivity contribution is 0.211. The standard InChI is InChI=1S/C8H8O2.C6H6Br2N2/c1-7(9)10-8-5-3-2-4-6-8;7-4-6(8,5-10)2-1-3-9/h2-6,9H,1H2;1-2,4H2. The first kappa shape index (κ1) is 18.5. The van der Waals surface area contributed by atoms with Crippen LogP contribution in [0, 0.1) is 22.7 Å². The summed E-state index contributed by atoms with van der Waals surface area (Å²) in [5.74, 6) is 0.307. The van der Waals surface area contributed by atoms with Gasteiger partial charge in [0.1, 0.15) is 10.1 Å². The van der Waals surface area contributed by atoms with Crippen LogP contribution in [0.3, 0.4) is 0 Å². The zero-order valence-electron chi connectivity index (χ0n) is 10.7. The monoisotopic (exact) mass is 400 g/mol. The Morgan fingerprint density at radius 3 is 2.35 bits per heavy atom. The summed E-state index contributed by atoms with van der Waals surface area (Å²) in [7, 11) is 0. The second-order valence-corrected chi connectivity index (χ2v) is 5.76. The molecule has 1 unspecified atom stereocenters. The van der Waals surface area contributed by atoms with Gasteiger partial charge in [0.25, 0.3) is 5.95 Å². The SMILES string of the molecule is C=C(O)Oc1ccccc1.N#CCCC(Br)(C#N)CBr. The molecule has 0 amide bonds. The van der Waals surface area contributed by atoms with E-state index in [4.69, 9.17) is 20.4 Å². The number of aliphatic hydroxyl groups excluding tert-OH is 1. The number of aliphatic hydroxyl groups is 1. The minimum absolute atomic E-state index is 0.286. The number of alkyl halides is 2. The molecule has 0 aliphatic heterocycles. The van der Waals surface area contributed by atoms with Crippen LogP contribution < -0.4 is 4.74 Å². The number of hydrogen-bond acceptors (Lipinski definition) is 4. The summed E-state index contributed by atoms with van der Waals surface area (Å²) < 4.78 is 4.22. The van der Waals surface area contributed by atoms with E-state index in [9.17, 15) is 0 Å². The summed E-state index contributed by atoms with van der Waals surface area (Å²) in [6, 6.07) is 13.1. The second kappa shape index (κ2) is 10.3. The van der Waals surface area contributed by atoms with Crippen molar-refractivity contribution in [1.82, 2.24) is 0 Å². The van der Waals surface area contributed by atoms with Crippen molar-refractivity contribution in [1.29, 1.82) is 10.5 Å². The van der Waals surface area contributed by atoms with Crippen LogP contribution in [0.2, 0.25) is 0 Å². The molecule has 0 saturated heterocycles. The van der Waals surface area contributed by atoms with Crippen LogP contribution in [-0.2, 0) is 0 Å². The molecule has 1 N–H and O–H groups in total. The number of hydrogen-bond donors (Lipinski definition) is 1. The molecule has 0 aliphatic rings. The molecule has 1 aromatic rings. The van der Waals surface area contributed by atoms with Gasteiger partial charge in [-0.05, 0) is 25.1 Å². The van der Waals surface area contributed by atoms with E-state index in [0.29, 0.717) is 23.9 Å². The van der Waals surface area contributed by atoms with Crippen molar-refractivity contribution in [2.45, 2.75) is 17.2 Å². The minimum atomic E-state index is -0.553. The third-order valence-corrected chi connectivity index (χ3v) is 4.59. The van der Waals surface area contributed by atoms with Gasteiger partial charge in [-0.2, -0.15) is 10.5 Å². The fourth-order valence-electron chi connectivity index (χ4n) is 1.03. The number of rotatable bonds is 5. The zero-order chi connectivity index (χ0) is 15.4. The van der Waals surface area contributed by atoms with E-state index in [0.717, 1.165) is 0 Å². The van der Waals surface area contributed by atoms with Crippen LogP contribution in [0.15, 0.2) is 42.9 Å². The van der Waals surface area contributed by atoms with E-state index in [1.807, 2.05) is 24.3 Å². The maximum atomic E-state index is 8.59. The topological polar surface area (TPSA) is 77.0 Å². The Morgan fingerprint density at radius 1 is 1.35 bits per heavy atom. The number of para-hydroxylation sites is 1. The van der Waals surface area contributed by atoms with Crippen molar-refractivity contribution >= 4 is 31.9 Å². The minimum Gasteiger partial charge on any atom is -0.481 e. The van der Waals surface area contributed by atoms with E-state index in [-0.39, 0.29) is 5.95 Å². The molecule has 6 heteroatoms. The first-order valence-corrected chi connectivity index (χ1v) is 7.52. The molecule has 20 heavy (non-hydrogen) atoms. The van der Waals surface area contributed by atoms with Gasteiger partial charge in [0, 0.05) is 11.8 Å². The largest absolute Gasteiger partial charge is 0.481 e. The van der Waals surface area contributed by atoms with Crippen LogP contribution in [0.25, 0.3) is 0 Å². The summed E-state index contributed by atoms with van der Waals surface area (Å²) in [6.07, 6.45) is 0.968. The third kappa shape index (κ3) is 8.58. The highest BCUT2D eigenvalue weighted by Gasteiger charge is 2.23. The molecular formula is C14H14Br2N2O2. The summed E-state index contributed by atoms with van der Waals surface area (Å²) in [6.45, 7) is 3.18. The average Bonchev–Trinajstić information content (AvgIpc) is 2.46. The Kier molecular flexibility index (Phi) is 9.53. The van der Waals surface area contributed by atoms with Crippen LogP contribution in [0.4, 0.5) is 0 Å². The molecule has 0 aromatic heterocycles. The molecule has 0 heterocycles. The lowest BCUT2D eigenvalue weighted by atomic mass is 10.1. The number of nitrogens with zero attached hydrogens (tertiary/aromatic N) is 2. The predicted molar refractivity (Wildman–Crippen MR) is 84.8 cm³/mol. The van der Waals surface area contributed by atoms with Gasteiger partial charge in [-0.25, -0.2) is 0 Å². The van der Waals surface area contributed by atoms with Gasteiger partial charge in [-0.3, -0.25) is 0 Å². The molecule has 4 nitrogen and oxygen atoms in total. The van der Waals surface area contributed by atoms with Gasteiger partial charge in [0.15, 0.2) is 0 Å². The summed E-state index contributed by atoms with van der Waals surface area (Å²) in [4.78, 5) is 0. The number of ether oxygens (including phenoxy) is 1. The molecule has 1 atom stereocenters. The molecule has 0 saturated carbocycles. The Labute approximate surface area is 135 Å². The molecule has 0 aliphatic carbocycles. The van der Waals surface area contributed by atoms with E-state index in [1.165, 1.54) is 0 Å². The molecule has 1 rings (SSSR count). The lowest BCUT2D eigenvalue weighted by Crippen LogP contribution is -2.19. The van der Waals surface area contributed by atoms with Crippen molar-refractivity contribution in [3.8, 4) is 17.9 Å². The molecule has 0 bridgehead atoms. The van der Waals surface area contributed by atoms with Crippen molar-refractivity contribution < 1.29 is 9.84 Å². The molecule has 106 valence electrons. The fourth-order valence-corrected chi connectivity index (χ4v) is 1.64. The van der Waals surface area contributed by atoms with Gasteiger partial charge >= 0.3 is 0 Å². The van der Waals surface area contributed by atoms with Gasteiger partial charge in [0.05, 0.1) is 12.1 Å². The van der Waals surface area contributed by atoms with Gasteiger partial charge < -0.3 is 9.84 Å². The smallest absolute Gasteiger partial charge is 0.274 e. The molecule has 0 fully saturated rings. The van der Waals surface area contributed by atoms with Crippen molar-refractivity contribution in [3.63, 3.8) is 0 Å². The summed E-state index contributed by atoms with van der Waals surface area (Å²) in [5, 5.41) is 25.9. The predicted octanol–water partition coefficient (Wildman–Crippen LogP) is 4.44. The maximum absolute atomic E-state index is 8.59. The van der Waals surface area contributed by atoms with Crippen molar-refractivity contribution in [2.75, 3.05) is 5.33 Å². The molecular weight excluding hydrogens is 388 g/mol. The van der Waals surface area contributed by atoms with Gasteiger partial charge in [-0.15, -0.1) is 0 Å². The van der Waals surface area contributed by atoms with E-state index in [1.54, 1.807) is 12.1 Å². The zero-order valence-corrected chi connectivity index (χ0v) is 13.9. The molecule has 1 aromatic carbocycles. The lowest BCUT2D eigenvalue weighted by Gasteiger charge is -2.12. The fraction of sp³-hybridized carbons (Fsp3) is 0.286. The normalized spacial score (nSPS) is 11.8. The van der Waals surface area contributed by atoms with Crippen LogP contribution in [0.5, 0.6) is 5.75 Å². The van der Waals surface area contributed by atoms with E-state index >= 15 is 0 Å². The number of nitriles is 2. The maximum Gasteiger partial charge on any atom is 0.274 e. The summed E-state index contributed by atoms with van der Waals surface area (Å²) >= 11 is 6.41. The Bertz CT molecular complexity index is 494. The second-order valence-electron chi connectivity index (χ2n) is 3.68. The Hall–Kier alpha value is -1.50. The first-order chi connectivity index (χ1) is 9.47. The quantitative estimate of drug-likeness (QED) is 0.584. The van der Waals surface area contributed by atoms with Crippen LogP contribution in [0.1, 0.15) is 12.8 Å². The molecule has 0 radical (unpaired) electrons. The number of benzene rings is 1. The highest BCUT2D eigenvalue weighted by molar-refractivity contribution is 9.12. The van der Waals surface area contributed by atoms with E-state index in [2.05, 4.69) is 44.5 Å².